The number of hydrogen-bond acceptors (Lipinski definition) is 3. The first-order chi connectivity index (χ1) is 14.7. The first-order valence-electron chi connectivity index (χ1n) is 11.5. The summed E-state index contributed by atoms with van der Waals surface area (Å²) in [5, 5.41) is 15.0. The van der Waals surface area contributed by atoms with Gasteiger partial charge in [0, 0.05) is 31.6 Å². The summed E-state index contributed by atoms with van der Waals surface area (Å²) in [7, 11) is 0. The lowest BCUT2D eigenvalue weighted by Gasteiger charge is -2.38. The molecule has 3 aliphatic rings. The molecule has 2 aromatic rings. The van der Waals surface area contributed by atoms with E-state index in [-0.39, 0.29) is 17.9 Å². The Hall–Kier alpha value is -2.17. The van der Waals surface area contributed by atoms with Gasteiger partial charge in [-0.25, -0.2) is 0 Å². The molecule has 2 aliphatic carbocycles. The summed E-state index contributed by atoms with van der Waals surface area (Å²) in [5.41, 5.74) is 0.670. The highest BCUT2D eigenvalue weighted by Gasteiger charge is 2.58. The van der Waals surface area contributed by atoms with Crippen molar-refractivity contribution >= 4 is 5.91 Å². The first kappa shape index (κ1) is 19.8. The fourth-order valence-corrected chi connectivity index (χ4v) is 5.82. The van der Waals surface area contributed by atoms with Crippen LogP contribution in [-0.2, 0) is 16.9 Å². The van der Waals surface area contributed by atoms with Gasteiger partial charge in [0.1, 0.15) is 0 Å². The minimum absolute atomic E-state index is 0.00168. The van der Waals surface area contributed by atoms with Crippen LogP contribution in [0.15, 0.2) is 60.7 Å². The number of hydrogen-bond donors (Lipinski definition) is 2. The van der Waals surface area contributed by atoms with Crippen LogP contribution in [0.3, 0.4) is 0 Å². The number of nitrogens with zero attached hydrogens (tertiary/aromatic N) is 1. The zero-order valence-electron chi connectivity index (χ0n) is 17.5. The second kappa shape index (κ2) is 8.16. The minimum atomic E-state index is -1.41. The normalized spacial score (nSPS) is 28.5. The lowest BCUT2D eigenvalue weighted by Crippen LogP contribution is -2.51. The van der Waals surface area contributed by atoms with Gasteiger partial charge < -0.3 is 10.4 Å². The van der Waals surface area contributed by atoms with Crippen LogP contribution in [0.1, 0.15) is 43.2 Å². The molecule has 1 aliphatic heterocycles. The van der Waals surface area contributed by atoms with Crippen molar-refractivity contribution in [1.82, 2.24) is 10.2 Å². The van der Waals surface area contributed by atoms with Crippen molar-refractivity contribution < 1.29 is 9.90 Å². The molecule has 1 heterocycles. The average Bonchev–Trinajstić information content (AvgIpc) is 3.24. The number of aliphatic hydroxyl groups is 1. The molecular formula is C26H32N2O2. The third-order valence-electron chi connectivity index (χ3n) is 7.57. The lowest BCUT2D eigenvalue weighted by atomic mass is 9.73. The molecule has 0 radical (unpaired) electrons. The Kier molecular flexibility index (Phi) is 5.38. The number of amides is 1. The minimum Gasteiger partial charge on any atom is -0.375 e. The summed E-state index contributed by atoms with van der Waals surface area (Å²) in [6.45, 7) is 3.03. The molecular weight excluding hydrogens is 372 g/mol. The molecule has 1 amide bonds. The highest BCUT2D eigenvalue weighted by molar-refractivity contribution is 5.87. The van der Waals surface area contributed by atoms with Crippen LogP contribution in [0.5, 0.6) is 0 Å². The standard InChI is InChI=1S/C26H32N2O2/c29-25(26(30,20-12-6-2-7-13-20)21-14-8-3-9-15-21)27-24-22-17-28(18-23(22)24)16-19-10-4-1-5-11-19/h1-2,4-7,10-13,21-24,30H,3,8-9,14-18H2,(H,27,29)/t22-,23+,24?,26?. The lowest BCUT2D eigenvalue weighted by molar-refractivity contribution is -0.149. The Morgan fingerprint density at radius 2 is 1.53 bits per heavy atom. The largest absolute Gasteiger partial charge is 0.375 e. The maximum absolute atomic E-state index is 13.4. The monoisotopic (exact) mass is 404 g/mol. The van der Waals surface area contributed by atoms with Crippen molar-refractivity contribution in [3.05, 3.63) is 71.8 Å². The smallest absolute Gasteiger partial charge is 0.257 e. The first-order valence-corrected chi connectivity index (χ1v) is 11.5. The Morgan fingerprint density at radius 1 is 0.933 bits per heavy atom. The van der Waals surface area contributed by atoms with E-state index >= 15 is 0 Å². The average molecular weight is 405 g/mol. The van der Waals surface area contributed by atoms with E-state index in [1.54, 1.807) is 0 Å². The summed E-state index contributed by atoms with van der Waals surface area (Å²) in [6.07, 6.45) is 5.22. The van der Waals surface area contributed by atoms with Gasteiger partial charge in [-0.3, -0.25) is 9.69 Å². The van der Waals surface area contributed by atoms with Gasteiger partial charge in [-0.1, -0.05) is 79.9 Å². The third-order valence-corrected chi connectivity index (χ3v) is 7.57. The molecule has 1 saturated heterocycles. The predicted molar refractivity (Wildman–Crippen MR) is 118 cm³/mol. The van der Waals surface area contributed by atoms with Crippen LogP contribution in [0.25, 0.3) is 0 Å². The highest BCUT2D eigenvalue weighted by atomic mass is 16.3. The molecule has 3 fully saturated rings. The van der Waals surface area contributed by atoms with Gasteiger partial charge in [0.2, 0.25) is 0 Å². The van der Waals surface area contributed by atoms with E-state index in [0.29, 0.717) is 11.8 Å². The molecule has 2 aromatic carbocycles. The molecule has 4 heteroatoms. The van der Waals surface area contributed by atoms with Crippen LogP contribution in [-0.4, -0.2) is 35.0 Å². The number of carbonyl (C=O) groups excluding carboxylic acids is 1. The van der Waals surface area contributed by atoms with Crippen molar-refractivity contribution in [2.45, 2.75) is 50.3 Å². The molecule has 158 valence electrons. The zero-order chi connectivity index (χ0) is 20.6. The summed E-state index contributed by atoms with van der Waals surface area (Å²) in [4.78, 5) is 15.9. The highest BCUT2D eigenvalue weighted by Crippen LogP contribution is 2.47. The molecule has 2 saturated carbocycles. The number of carbonyl (C=O) groups is 1. The van der Waals surface area contributed by atoms with Gasteiger partial charge in [-0.05, 0) is 35.8 Å². The van der Waals surface area contributed by atoms with Gasteiger partial charge in [-0.15, -0.1) is 0 Å². The maximum atomic E-state index is 13.4. The Labute approximate surface area is 179 Å². The molecule has 0 bridgehead atoms. The van der Waals surface area contributed by atoms with Crippen molar-refractivity contribution in [3.63, 3.8) is 0 Å². The van der Waals surface area contributed by atoms with Gasteiger partial charge in [0.05, 0.1) is 0 Å². The van der Waals surface area contributed by atoms with Gasteiger partial charge in [0.25, 0.3) is 5.91 Å². The molecule has 0 spiro atoms. The van der Waals surface area contributed by atoms with E-state index in [1.165, 1.54) is 12.0 Å². The predicted octanol–water partition coefficient (Wildman–Crippen LogP) is 3.70. The molecule has 30 heavy (non-hydrogen) atoms. The summed E-state index contributed by atoms with van der Waals surface area (Å²) in [6, 6.07) is 20.4. The zero-order valence-corrected chi connectivity index (χ0v) is 17.5. The van der Waals surface area contributed by atoms with Gasteiger partial charge >= 0.3 is 0 Å². The quantitative estimate of drug-likeness (QED) is 0.772. The molecule has 2 N–H and O–H groups in total. The number of benzene rings is 2. The van der Waals surface area contributed by atoms with E-state index in [1.807, 2.05) is 30.3 Å². The maximum Gasteiger partial charge on any atom is 0.257 e. The van der Waals surface area contributed by atoms with E-state index in [9.17, 15) is 9.90 Å². The summed E-state index contributed by atoms with van der Waals surface area (Å²) >= 11 is 0. The summed E-state index contributed by atoms with van der Waals surface area (Å²) in [5.74, 6) is 0.851. The number of rotatable bonds is 6. The molecule has 4 atom stereocenters. The summed E-state index contributed by atoms with van der Waals surface area (Å²) < 4.78 is 0. The van der Waals surface area contributed by atoms with Gasteiger partial charge in [0.15, 0.2) is 5.60 Å². The molecule has 5 rings (SSSR count). The van der Waals surface area contributed by atoms with Crippen molar-refractivity contribution in [2.75, 3.05) is 13.1 Å². The van der Waals surface area contributed by atoms with Crippen LogP contribution in [0.4, 0.5) is 0 Å². The number of likely N-dealkylation sites (tertiary alicyclic amines) is 1. The SMILES string of the molecule is O=C(NC1[C@H]2CN(Cc3ccccc3)C[C@@H]12)C(O)(c1ccccc1)C1CCCCC1. The number of piperidine rings is 1. The Morgan fingerprint density at radius 3 is 2.17 bits per heavy atom. The molecule has 2 unspecified atom stereocenters. The Balaban J connectivity index is 1.24. The number of fused-ring (bicyclic) bond motifs is 1. The van der Waals surface area contributed by atoms with E-state index in [0.717, 1.165) is 50.9 Å². The van der Waals surface area contributed by atoms with Crippen LogP contribution in [0.2, 0.25) is 0 Å². The second-order valence-electron chi connectivity index (χ2n) is 9.47. The molecule has 0 aromatic heterocycles. The molecule has 4 nitrogen and oxygen atoms in total. The van der Waals surface area contributed by atoms with E-state index in [2.05, 4.69) is 40.5 Å². The van der Waals surface area contributed by atoms with E-state index in [4.69, 9.17) is 0 Å². The van der Waals surface area contributed by atoms with Crippen molar-refractivity contribution in [1.29, 1.82) is 0 Å². The van der Waals surface area contributed by atoms with Crippen LogP contribution in [0, 0.1) is 17.8 Å². The third kappa shape index (κ3) is 3.67. The number of nitrogens with one attached hydrogen (secondary N) is 1. The van der Waals surface area contributed by atoms with Crippen molar-refractivity contribution in [2.24, 2.45) is 17.8 Å². The van der Waals surface area contributed by atoms with Gasteiger partial charge in [-0.2, -0.15) is 0 Å². The van der Waals surface area contributed by atoms with E-state index < -0.39 is 5.60 Å². The fourth-order valence-electron chi connectivity index (χ4n) is 5.82. The second-order valence-corrected chi connectivity index (χ2v) is 9.47. The topological polar surface area (TPSA) is 52.6 Å². The van der Waals surface area contributed by atoms with Crippen LogP contribution >= 0.6 is 0 Å². The van der Waals surface area contributed by atoms with Crippen molar-refractivity contribution in [3.8, 4) is 0 Å². The Bertz CT molecular complexity index is 853. The fraction of sp³-hybridized carbons (Fsp3) is 0.500. The van der Waals surface area contributed by atoms with Crippen LogP contribution < -0.4 is 5.32 Å².